The van der Waals surface area contributed by atoms with Crippen LogP contribution in [0.1, 0.15) is 58.8 Å². The number of sulfonamides is 1. The van der Waals surface area contributed by atoms with Gasteiger partial charge in [0.1, 0.15) is 0 Å². The van der Waals surface area contributed by atoms with Crippen LogP contribution in [0.3, 0.4) is 0 Å². The fourth-order valence-corrected chi connectivity index (χ4v) is 4.36. The molecule has 1 saturated heterocycles. The molecule has 0 aromatic carbocycles. The van der Waals surface area contributed by atoms with Gasteiger partial charge in [0.25, 0.3) is 0 Å². The summed E-state index contributed by atoms with van der Waals surface area (Å²) in [6.45, 7) is 6.88. The third-order valence-electron chi connectivity index (χ3n) is 5.02. The minimum atomic E-state index is -3.02. The Morgan fingerprint density at radius 1 is 1.20 bits per heavy atom. The van der Waals surface area contributed by atoms with Crippen LogP contribution in [0, 0.1) is 5.41 Å². The van der Waals surface area contributed by atoms with Gasteiger partial charge in [-0.2, -0.15) is 0 Å². The van der Waals surface area contributed by atoms with Crippen LogP contribution in [-0.4, -0.2) is 44.2 Å². The zero-order chi connectivity index (χ0) is 14.6. The Morgan fingerprint density at radius 2 is 1.85 bits per heavy atom. The smallest absolute Gasteiger partial charge is 0.214 e. The van der Waals surface area contributed by atoms with Gasteiger partial charge < -0.3 is 5.32 Å². The van der Waals surface area contributed by atoms with Crippen LogP contribution >= 0.6 is 0 Å². The topological polar surface area (TPSA) is 49.4 Å². The van der Waals surface area contributed by atoms with Gasteiger partial charge >= 0.3 is 0 Å². The van der Waals surface area contributed by atoms with Gasteiger partial charge in [0, 0.05) is 19.1 Å². The average Bonchev–Trinajstić information content (AvgIpc) is 3.23. The molecule has 1 saturated carbocycles. The lowest BCUT2D eigenvalue weighted by Gasteiger charge is -2.38. The van der Waals surface area contributed by atoms with Crippen molar-refractivity contribution in [1.82, 2.24) is 9.62 Å². The van der Waals surface area contributed by atoms with Crippen molar-refractivity contribution in [2.45, 2.75) is 64.8 Å². The van der Waals surface area contributed by atoms with E-state index in [-0.39, 0.29) is 0 Å². The summed E-state index contributed by atoms with van der Waals surface area (Å²) in [5.74, 6) is 0.322. The number of unbranched alkanes of at least 4 members (excludes halogenated alkanes) is 1. The molecule has 2 rings (SSSR count). The van der Waals surface area contributed by atoms with Gasteiger partial charge in [0.2, 0.25) is 10.0 Å². The second kappa shape index (κ2) is 6.75. The summed E-state index contributed by atoms with van der Waals surface area (Å²) in [7, 11) is -3.02. The molecule has 118 valence electrons. The molecule has 0 spiro atoms. The fourth-order valence-electron chi connectivity index (χ4n) is 2.79. The van der Waals surface area contributed by atoms with Crippen LogP contribution < -0.4 is 5.32 Å². The SMILES string of the molecule is CCC1(C)CCN(S(=O)(=O)CCCCNC2CC2)CC1. The molecule has 1 N–H and O–H groups in total. The van der Waals surface area contributed by atoms with E-state index in [2.05, 4.69) is 19.2 Å². The summed E-state index contributed by atoms with van der Waals surface area (Å²) in [4.78, 5) is 0. The van der Waals surface area contributed by atoms with Crippen molar-refractivity contribution in [3.05, 3.63) is 0 Å². The van der Waals surface area contributed by atoms with Crippen LogP contribution in [0.25, 0.3) is 0 Å². The number of piperidine rings is 1. The molecule has 0 atom stereocenters. The molecule has 0 bridgehead atoms. The first-order valence-corrected chi connectivity index (χ1v) is 9.77. The normalized spacial score (nSPS) is 23.9. The predicted octanol–water partition coefficient (Wildman–Crippen LogP) is 2.36. The van der Waals surface area contributed by atoms with Gasteiger partial charge in [-0.05, 0) is 50.5 Å². The van der Waals surface area contributed by atoms with E-state index in [1.54, 1.807) is 4.31 Å². The van der Waals surface area contributed by atoms with E-state index in [1.165, 1.54) is 12.8 Å². The molecular formula is C15H30N2O2S. The summed E-state index contributed by atoms with van der Waals surface area (Å²) in [6.07, 6.45) is 7.50. The maximum atomic E-state index is 12.3. The minimum Gasteiger partial charge on any atom is -0.314 e. The molecule has 0 aromatic heterocycles. The molecule has 2 aliphatic rings. The molecule has 0 amide bonds. The summed E-state index contributed by atoms with van der Waals surface area (Å²) in [5, 5.41) is 3.43. The maximum Gasteiger partial charge on any atom is 0.214 e. The van der Waals surface area contributed by atoms with Crippen LogP contribution in [0.15, 0.2) is 0 Å². The molecule has 5 heteroatoms. The molecule has 1 heterocycles. The third kappa shape index (κ3) is 4.71. The van der Waals surface area contributed by atoms with Gasteiger partial charge in [0.15, 0.2) is 0 Å². The van der Waals surface area contributed by atoms with Crippen molar-refractivity contribution in [1.29, 1.82) is 0 Å². The molecule has 4 nitrogen and oxygen atoms in total. The lowest BCUT2D eigenvalue weighted by Crippen LogP contribution is -2.42. The number of rotatable bonds is 8. The Balaban J connectivity index is 1.67. The van der Waals surface area contributed by atoms with Crippen molar-refractivity contribution in [2.24, 2.45) is 5.41 Å². The Kier molecular flexibility index (Phi) is 5.49. The Bertz CT molecular complexity index is 396. The zero-order valence-corrected chi connectivity index (χ0v) is 13.8. The van der Waals surface area contributed by atoms with E-state index in [9.17, 15) is 8.42 Å². The van der Waals surface area contributed by atoms with Gasteiger partial charge in [-0.25, -0.2) is 12.7 Å². The van der Waals surface area contributed by atoms with Crippen molar-refractivity contribution in [3.8, 4) is 0 Å². The fraction of sp³-hybridized carbons (Fsp3) is 1.00. The quantitative estimate of drug-likeness (QED) is 0.700. The Labute approximate surface area is 124 Å². The molecule has 0 aromatic rings. The van der Waals surface area contributed by atoms with E-state index >= 15 is 0 Å². The molecule has 1 aliphatic carbocycles. The third-order valence-corrected chi connectivity index (χ3v) is 6.97. The lowest BCUT2D eigenvalue weighted by molar-refractivity contribution is 0.169. The summed E-state index contributed by atoms with van der Waals surface area (Å²) in [6, 6.07) is 0.723. The van der Waals surface area contributed by atoms with Crippen molar-refractivity contribution < 1.29 is 8.42 Å². The first kappa shape index (κ1) is 16.2. The highest BCUT2D eigenvalue weighted by Gasteiger charge is 2.33. The minimum absolute atomic E-state index is 0.322. The van der Waals surface area contributed by atoms with E-state index in [4.69, 9.17) is 0 Å². The van der Waals surface area contributed by atoms with E-state index in [1.807, 2.05) is 0 Å². The second-order valence-electron chi connectivity index (χ2n) is 6.81. The van der Waals surface area contributed by atoms with Crippen LogP contribution in [-0.2, 0) is 10.0 Å². The van der Waals surface area contributed by atoms with Gasteiger partial charge in [-0.15, -0.1) is 0 Å². The second-order valence-corrected chi connectivity index (χ2v) is 8.90. The van der Waals surface area contributed by atoms with Crippen molar-refractivity contribution in [2.75, 3.05) is 25.4 Å². The first-order valence-electron chi connectivity index (χ1n) is 8.16. The van der Waals surface area contributed by atoms with Gasteiger partial charge in [0.05, 0.1) is 5.75 Å². The molecule has 2 fully saturated rings. The molecule has 20 heavy (non-hydrogen) atoms. The lowest BCUT2D eigenvalue weighted by atomic mass is 9.79. The van der Waals surface area contributed by atoms with Crippen LogP contribution in [0.2, 0.25) is 0 Å². The number of hydrogen-bond donors (Lipinski definition) is 1. The largest absolute Gasteiger partial charge is 0.314 e. The van der Waals surface area contributed by atoms with Crippen molar-refractivity contribution >= 4 is 10.0 Å². The summed E-state index contributed by atoms with van der Waals surface area (Å²) >= 11 is 0. The first-order chi connectivity index (χ1) is 9.45. The molecule has 0 unspecified atom stereocenters. The number of hydrogen-bond acceptors (Lipinski definition) is 3. The van der Waals surface area contributed by atoms with Crippen molar-refractivity contribution in [3.63, 3.8) is 0 Å². The molecule has 1 aliphatic heterocycles. The van der Waals surface area contributed by atoms with E-state index in [0.29, 0.717) is 24.3 Å². The standard InChI is InChI=1S/C15H30N2O2S/c1-3-15(2)8-11-17(12-9-15)20(18,19)13-5-4-10-16-14-6-7-14/h14,16H,3-13H2,1-2H3. The van der Waals surface area contributed by atoms with E-state index < -0.39 is 10.0 Å². The highest BCUT2D eigenvalue weighted by atomic mass is 32.2. The highest BCUT2D eigenvalue weighted by molar-refractivity contribution is 7.89. The van der Waals surface area contributed by atoms with Crippen LogP contribution in [0.5, 0.6) is 0 Å². The van der Waals surface area contributed by atoms with Gasteiger partial charge in [-0.3, -0.25) is 0 Å². The average molecular weight is 302 g/mol. The molecule has 0 radical (unpaired) electrons. The predicted molar refractivity (Wildman–Crippen MR) is 83.3 cm³/mol. The van der Waals surface area contributed by atoms with E-state index in [0.717, 1.165) is 44.7 Å². The number of nitrogens with one attached hydrogen (secondary N) is 1. The monoisotopic (exact) mass is 302 g/mol. The van der Waals surface area contributed by atoms with Gasteiger partial charge in [-0.1, -0.05) is 20.3 Å². The number of nitrogens with zero attached hydrogens (tertiary/aromatic N) is 1. The Morgan fingerprint density at radius 3 is 2.40 bits per heavy atom. The molecular weight excluding hydrogens is 272 g/mol. The Hall–Kier alpha value is -0.130. The maximum absolute atomic E-state index is 12.3. The summed E-state index contributed by atoms with van der Waals surface area (Å²) < 4.78 is 26.3. The van der Waals surface area contributed by atoms with Crippen LogP contribution in [0.4, 0.5) is 0 Å². The zero-order valence-electron chi connectivity index (χ0n) is 13.0. The highest BCUT2D eigenvalue weighted by Crippen LogP contribution is 2.34. The summed E-state index contributed by atoms with van der Waals surface area (Å²) in [5.41, 5.74) is 0.347.